The highest BCUT2D eigenvalue weighted by molar-refractivity contribution is 5.93. The summed E-state index contributed by atoms with van der Waals surface area (Å²) in [5.41, 5.74) is -1.89. The van der Waals surface area contributed by atoms with Gasteiger partial charge in [-0.2, -0.15) is 0 Å². The minimum Gasteiger partial charge on any atom is -0.444 e. The lowest BCUT2D eigenvalue weighted by molar-refractivity contribution is -0.134. The summed E-state index contributed by atoms with van der Waals surface area (Å²) in [7, 11) is 0. The Balaban J connectivity index is 3.07. The van der Waals surface area contributed by atoms with Crippen molar-refractivity contribution in [2.45, 2.75) is 230 Å². The third-order valence-electron chi connectivity index (χ3n) is 19.2. The normalized spacial score (nSPS) is 15.2. The topological polar surface area (TPSA) is 533 Å². The van der Waals surface area contributed by atoms with Crippen LogP contribution in [0.3, 0.4) is 0 Å². The van der Waals surface area contributed by atoms with E-state index >= 15 is 0 Å². The lowest BCUT2D eigenvalue weighted by atomic mass is 9.95. The Kier molecular flexibility index (Phi) is 64.4. The summed E-state index contributed by atoms with van der Waals surface area (Å²) < 4.78 is 60.9. The number of nitrogens with one attached hydrogen (secondary N) is 13. The summed E-state index contributed by atoms with van der Waals surface area (Å²) in [6, 6.07) is -4.92. The first-order valence-corrected chi connectivity index (χ1v) is 46.7. The van der Waals surface area contributed by atoms with Crippen LogP contribution in [0.25, 0.3) is 0 Å². The van der Waals surface area contributed by atoms with Gasteiger partial charge in [0.1, 0.15) is 34.9 Å². The molecule has 0 aromatic heterocycles. The van der Waals surface area contributed by atoms with Gasteiger partial charge in [0.2, 0.25) is 59.1 Å². The third-order valence-corrected chi connectivity index (χ3v) is 19.2. The number of carbonyl (C=O) groups is 13. The largest absolute Gasteiger partial charge is 0.444 e. The lowest BCUT2D eigenvalue weighted by Gasteiger charge is -2.33. The van der Waals surface area contributed by atoms with Crippen molar-refractivity contribution in [3.63, 3.8) is 0 Å². The summed E-state index contributed by atoms with van der Waals surface area (Å²) in [6.45, 7) is 43.1. The zero-order chi connectivity index (χ0) is 99.2. The van der Waals surface area contributed by atoms with Crippen molar-refractivity contribution in [3.05, 3.63) is 0 Å². The predicted molar refractivity (Wildman–Crippen MR) is 495 cm³/mol. The molecule has 1 aliphatic heterocycles. The molecule has 15 N–H and O–H groups in total. The van der Waals surface area contributed by atoms with Gasteiger partial charge in [0.25, 0.3) is 0 Å². The number of nitrogens with zero attached hydrogens (tertiary/aromatic N) is 4. The van der Waals surface area contributed by atoms with Crippen molar-refractivity contribution in [1.82, 2.24) is 88.7 Å². The van der Waals surface area contributed by atoms with E-state index in [0.29, 0.717) is 52.4 Å². The summed E-state index contributed by atoms with van der Waals surface area (Å²) >= 11 is 0. The van der Waals surface area contributed by atoms with Crippen LogP contribution in [0.15, 0.2) is 0 Å². The van der Waals surface area contributed by atoms with Gasteiger partial charge in [-0.3, -0.25) is 67.5 Å². The van der Waals surface area contributed by atoms with E-state index in [4.69, 9.17) is 52.1 Å². The van der Waals surface area contributed by atoms with Crippen molar-refractivity contribution in [2.24, 2.45) is 29.6 Å². The van der Waals surface area contributed by atoms with E-state index in [1.807, 2.05) is 61.1 Å². The average Bonchev–Trinajstić information content (AvgIpc) is 0.848. The molecule has 766 valence electrons. The van der Waals surface area contributed by atoms with Gasteiger partial charge >= 0.3 is 18.3 Å². The molecule has 0 unspecified atom stereocenters. The molecule has 1 aliphatic rings. The molecule has 1 rings (SSSR count). The zero-order valence-corrected chi connectivity index (χ0v) is 82.9. The molecule has 43 heteroatoms. The fourth-order valence-electron chi connectivity index (χ4n) is 12.7. The van der Waals surface area contributed by atoms with Gasteiger partial charge in [-0.15, -0.1) is 0 Å². The molecule has 43 nitrogen and oxygen atoms in total. The van der Waals surface area contributed by atoms with Gasteiger partial charge in [0.15, 0.2) is 0 Å². The first-order valence-electron chi connectivity index (χ1n) is 46.7. The van der Waals surface area contributed by atoms with E-state index < -0.39 is 119 Å². The second-order valence-electron chi connectivity index (χ2n) is 37.5. The molecule has 1 fully saturated rings. The van der Waals surface area contributed by atoms with Crippen LogP contribution < -0.4 is 69.1 Å². The molecule has 0 aliphatic carbocycles. The second kappa shape index (κ2) is 69.7. The third kappa shape index (κ3) is 67.2. The highest BCUT2D eigenvalue weighted by Gasteiger charge is 2.35. The minimum absolute atomic E-state index is 0.0191. The molecular formula is C89H169N17O26. The number of ether oxygens (including phenoxy) is 11. The summed E-state index contributed by atoms with van der Waals surface area (Å²) in [4.78, 5) is 179. The van der Waals surface area contributed by atoms with Gasteiger partial charge in [0, 0.05) is 111 Å². The summed E-state index contributed by atoms with van der Waals surface area (Å²) in [5.74, 6) is -5.14. The van der Waals surface area contributed by atoms with Crippen molar-refractivity contribution in [2.75, 3.05) is 237 Å². The lowest BCUT2D eigenvalue weighted by Crippen LogP contribution is -2.59. The maximum absolute atomic E-state index is 13.9. The van der Waals surface area contributed by atoms with Gasteiger partial charge in [-0.25, -0.2) is 14.4 Å². The highest BCUT2D eigenvalue weighted by atomic mass is 16.6. The van der Waals surface area contributed by atoms with Crippen LogP contribution in [-0.4, -0.2) is 403 Å². The Morgan fingerprint density at radius 1 is 0.273 bits per heavy atom. The number of carbonyl (C=O) groups excluding carboxylic acids is 13. The van der Waals surface area contributed by atoms with E-state index in [1.165, 1.54) is 6.92 Å². The number of rotatable bonds is 66. The predicted octanol–water partition coefficient (Wildman–Crippen LogP) is -0.108. The second-order valence-corrected chi connectivity index (χ2v) is 37.5. The Labute approximate surface area is 783 Å². The van der Waals surface area contributed by atoms with Crippen LogP contribution >= 0.6 is 0 Å². The fourth-order valence-corrected chi connectivity index (χ4v) is 12.7. The number of amides is 13. The molecule has 0 aromatic rings. The molecule has 7 atom stereocenters. The molecule has 0 bridgehead atoms. The number of hydrogen-bond donors (Lipinski definition) is 15. The molecule has 13 amide bonds. The Morgan fingerprint density at radius 3 is 0.765 bits per heavy atom. The maximum Gasteiger partial charge on any atom is 0.407 e. The molecule has 0 saturated carbocycles. The maximum atomic E-state index is 13.9. The molecule has 0 aromatic carbocycles. The van der Waals surface area contributed by atoms with Crippen LogP contribution in [0.5, 0.6) is 0 Å². The SMILES string of the molecule is CC(C)CC(=O)N[C@H](C(=O)N[C@H](C(=O)N[C@@H](CC(C)C)[C@@H](O)CC(=O)N[C@@H](C)C(=O)N[C@@H](CC(C)C)[C@@H](O)CC(=O)NCCOCCOCCNC(=O)CN1CCN(CC(=O)NCCOCCOCCNC(=O)OC(C)(C)C)CCN(CC(=O)NCCOCCOCCNC(=O)OC(C)(C)C)CCN(CC(=O)NCCOCCOCCNC(=O)OC(C)(C)C)CC1)C(C)C)C(C)C. The summed E-state index contributed by atoms with van der Waals surface area (Å²) in [5, 5.41) is 58.8. The van der Waals surface area contributed by atoms with Crippen molar-refractivity contribution < 1.29 is 125 Å². The van der Waals surface area contributed by atoms with E-state index in [1.54, 1.807) is 90.0 Å². The Morgan fingerprint density at radius 2 is 0.508 bits per heavy atom. The molecule has 1 heterocycles. The van der Waals surface area contributed by atoms with Crippen molar-refractivity contribution >= 4 is 77.4 Å². The van der Waals surface area contributed by atoms with Gasteiger partial charge in [-0.1, -0.05) is 69.2 Å². The number of alkyl carbamates (subject to hydrolysis) is 3. The Bertz CT molecular complexity index is 3210. The van der Waals surface area contributed by atoms with E-state index in [0.717, 1.165) is 0 Å². The smallest absolute Gasteiger partial charge is 0.407 e. The van der Waals surface area contributed by atoms with Crippen molar-refractivity contribution in [3.8, 4) is 0 Å². The number of aliphatic hydroxyl groups is 2. The first-order chi connectivity index (χ1) is 62.1. The monoisotopic (exact) mass is 1890 g/mol. The van der Waals surface area contributed by atoms with Crippen LogP contribution in [0.2, 0.25) is 0 Å². The first kappa shape index (κ1) is 122. The standard InChI is InChI=1S/C89H169N17O26/c1-62(2)53-68(99-81(116)67(11)98-74(111)57-71(108)69(54-63(3)4)100-82(117)80(66(9)10)102-83(118)79(65(7)8)101-73(110)55-64(5)6)70(107)56-72(109)90-21-37-122-45-46-123-38-22-91-75(112)58-103-29-31-104(59-76(113)92-23-39-124-47-50-127-42-26-95-84(119)130-87(12,13)14)33-35-106(61-78(115)94-25-41-126-49-52-129-44-28-97-86(121)132-89(18,19)20)36-34-105(32-30-103)60-77(114)93-24-40-125-48-51-128-43-27-96-85(120)131-88(15,16)17/h62-71,79-80,107-108H,21-61H2,1-20H3,(H,90,109)(H,91,112)(H,92,113)(H,93,114)(H,94,115)(H,95,119)(H,96,120)(H,97,121)(H,98,111)(H,99,116)(H,100,117)(H,101,110)(H,102,118)/t67-,68-,69-,70-,71-,79-,80-/m0/s1. The highest BCUT2D eigenvalue weighted by Crippen LogP contribution is 2.17. The van der Waals surface area contributed by atoms with Crippen molar-refractivity contribution in [1.29, 1.82) is 0 Å². The van der Waals surface area contributed by atoms with Crippen LogP contribution in [0.4, 0.5) is 14.4 Å². The minimum atomic E-state index is -1.40. The number of hydrogen-bond acceptors (Lipinski definition) is 30. The molecule has 132 heavy (non-hydrogen) atoms. The van der Waals surface area contributed by atoms with Crippen LogP contribution in [0, 0.1) is 29.6 Å². The van der Waals surface area contributed by atoms with Crippen LogP contribution in [0.1, 0.15) is 171 Å². The number of aliphatic hydroxyl groups excluding tert-OH is 2. The van der Waals surface area contributed by atoms with Gasteiger partial charge < -0.3 is 131 Å². The summed E-state index contributed by atoms with van der Waals surface area (Å²) in [6.07, 6.45) is -4.48. The van der Waals surface area contributed by atoms with E-state index in [2.05, 4.69) is 69.1 Å². The molecule has 0 radical (unpaired) electrons. The molecular weight excluding hydrogens is 1720 g/mol. The molecule has 0 spiro atoms. The van der Waals surface area contributed by atoms with Gasteiger partial charge in [0.05, 0.1) is 169 Å². The van der Waals surface area contributed by atoms with E-state index in [9.17, 15) is 72.5 Å². The fraction of sp³-hybridized carbons (Fsp3) is 0.854. The van der Waals surface area contributed by atoms with Gasteiger partial charge in [-0.05, 0) is 112 Å². The Hall–Kier alpha value is -8.05. The quantitative estimate of drug-likeness (QED) is 0.0279. The van der Waals surface area contributed by atoms with E-state index in [-0.39, 0.29) is 263 Å². The average molecular weight is 1890 g/mol. The van der Waals surface area contributed by atoms with Crippen LogP contribution in [-0.2, 0) is 100 Å². The zero-order valence-electron chi connectivity index (χ0n) is 82.9. The molecule has 1 saturated heterocycles.